The third-order valence-electron chi connectivity index (χ3n) is 2.08. The van der Waals surface area contributed by atoms with Crippen LogP contribution in [0.15, 0.2) is 39.6 Å². The van der Waals surface area contributed by atoms with Gasteiger partial charge in [0.15, 0.2) is 5.76 Å². The first-order chi connectivity index (χ1) is 7.33. The van der Waals surface area contributed by atoms with E-state index in [2.05, 4.69) is 0 Å². The number of thiophene rings is 1. The molecule has 0 N–H and O–H groups in total. The normalized spacial score (nSPS) is 12.3. The summed E-state index contributed by atoms with van der Waals surface area (Å²) >= 11 is 1.46. The van der Waals surface area contributed by atoms with E-state index in [1.807, 2.05) is 5.38 Å². The van der Waals surface area contributed by atoms with Crippen molar-refractivity contribution in [2.75, 3.05) is 0 Å². The molecule has 0 amide bonds. The summed E-state index contributed by atoms with van der Waals surface area (Å²) in [5.41, 5.74) is 0.719. The van der Waals surface area contributed by atoms with Gasteiger partial charge in [-0.05, 0) is 34.5 Å². The van der Waals surface area contributed by atoms with Crippen molar-refractivity contribution in [1.82, 2.24) is 0 Å². The molecule has 0 aromatic carbocycles. The number of carbonyl (C=O) groups excluding carboxylic acids is 2. The van der Waals surface area contributed by atoms with Crippen molar-refractivity contribution >= 4 is 23.4 Å². The number of furan rings is 1. The Morgan fingerprint density at radius 1 is 1.47 bits per heavy atom. The van der Waals surface area contributed by atoms with Crippen LogP contribution in [0.3, 0.4) is 0 Å². The highest BCUT2D eigenvalue weighted by Crippen LogP contribution is 2.21. The summed E-state index contributed by atoms with van der Waals surface area (Å²) in [6.45, 7) is 0. The van der Waals surface area contributed by atoms with E-state index in [0.29, 0.717) is 6.29 Å². The van der Waals surface area contributed by atoms with Crippen LogP contribution in [0.5, 0.6) is 0 Å². The maximum atomic E-state index is 11.8. The first-order valence-corrected chi connectivity index (χ1v) is 5.32. The Morgan fingerprint density at radius 2 is 2.33 bits per heavy atom. The van der Waals surface area contributed by atoms with Gasteiger partial charge < -0.3 is 9.21 Å². The van der Waals surface area contributed by atoms with Gasteiger partial charge in [-0.15, -0.1) is 0 Å². The third kappa shape index (κ3) is 1.89. The zero-order valence-corrected chi connectivity index (χ0v) is 8.57. The third-order valence-corrected chi connectivity index (χ3v) is 2.79. The zero-order chi connectivity index (χ0) is 10.7. The molecule has 0 aliphatic rings. The van der Waals surface area contributed by atoms with E-state index >= 15 is 0 Å². The average molecular weight is 220 g/mol. The zero-order valence-electron chi connectivity index (χ0n) is 7.75. The van der Waals surface area contributed by atoms with E-state index in [0.717, 1.165) is 5.56 Å². The molecule has 2 rings (SSSR count). The second kappa shape index (κ2) is 4.23. The molecule has 0 radical (unpaired) electrons. The predicted octanol–water partition coefficient (Wildman–Crippen LogP) is 2.51. The molecule has 0 bridgehead atoms. The SMILES string of the molecule is O=CC(C(=O)c1ccco1)c1ccsc1. The topological polar surface area (TPSA) is 47.3 Å². The van der Waals surface area contributed by atoms with Crippen molar-refractivity contribution in [1.29, 1.82) is 0 Å². The lowest BCUT2D eigenvalue weighted by molar-refractivity contribution is -0.108. The van der Waals surface area contributed by atoms with Crippen LogP contribution in [-0.2, 0) is 4.79 Å². The molecule has 0 aliphatic carbocycles. The number of Topliss-reactive ketones (excluding diaryl/α,β-unsaturated/α-hetero) is 1. The summed E-state index contributed by atoms with van der Waals surface area (Å²) in [6, 6.07) is 4.96. The highest BCUT2D eigenvalue weighted by Gasteiger charge is 2.23. The van der Waals surface area contributed by atoms with Crippen molar-refractivity contribution in [3.63, 3.8) is 0 Å². The fraction of sp³-hybridized carbons (Fsp3) is 0.0909. The van der Waals surface area contributed by atoms with Crippen LogP contribution in [0, 0.1) is 0 Å². The molecule has 2 heterocycles. The summed E-state index contributed by atoms with van der Waals surface area (Å²) in [5, 5.41) is 3.63. The Labute approximate surface area is 90.3 Å². The van der Waals surface area contributed by atoms with Gasteiger partial charge in [-0.25, -0.2) is 0 Å². The Morgan fingerprint density at radius 3 is 2.87 bits per heavy atom. The van der Waals surface area contributed by atoms with Crippen LogP contribution in [0.1, 0.15) is 22.0 Å². The number of ketones is 1. The molecule has 0 aliphatic heterocycles. The van der Waals surface area contributed by atoms with Crippen molar-refractivity contribution < 1.29 is 14.0 Å². The maximum absolute atomic E-state index is 11.8. The van der Waals surface area contributed by atoms with Gasteiger partial charge in [0.05, 0.1) is 6.26 Å². The summed E-state index contributed by atoms with van der Waals surface area (Å²) in [6.07, 6.45) is 2.07. The first kappa shape index (κ1) is 9.86. The molecule has 0 saturated heterocycles. The maximum Gasteiger partial charge on any atom is 0.212 e. The lowest BCUT2D eigenvalue weighted by Crippen LogP contribution is -2.12. The largest absolute Gasteiger partial charge is 0.461 e. The quantitative estimate of drug-likeness (QED) is 0.452. The lowest BCUT2D eigenvalue weighted by atomic mass is 9.97. The first-order valence-electron chi connectivity index (χ1n) is 4.38. The fourth-order valence-corrected chi connectivity index (χ4v) is 2.01. The highest BCUT2D eigenvalue weighted by atomic mass is 32.1. The Balaban J connectivity index is 2.29. The van der Waals surface area contributed by atoms with E-state index in [1.54, 1.807) is 23.6 Å². The molecule has 0 saturated carbocycles. The molecular weight excluding hydrogens is 212 g/mol. The molecule has 2 aromatic rings. The van der Waals surface area contributed by atoms with Crippen LogP contribution in [0.4, 0.5) is 0 Å². The van der Waals surface area contributed by atoms with Crippen molar-refractivity contribution in [2.24, 2.45) is 0 Å². The number of hydrogen-bond acceptors (Lipinski definition) is 4. The molecule has 3 nitrogen and oxygen atoms in total. The smallest absolute Gasteiger partial charge is 0.212 e. The van der Waals surface area contributed by atoms with Gasteiger partial charge >= 0.3 is 0 Å². The Kier molecular flexibility index (Phi) is 2.78. The molecule has 15 heavy (non-hydrogen) atoms. The molecule has 0 fully saturated rings. The summed E-state index contributed by atoms with van der Waals surface area (Å²) < 4.78 is 4.97. The molecule has 1 atom stereocenters. The molecule has 4 heteroatoms. The van der Waals surface area contributed by atoms with Crippen molar-refractivity contribution in [2.45, 2.75) is 5.92 Å². The van der Waals surface area contributed by atoms with Gasteiger partial charge in [-0.3, -0.25) is 4.79 Å². The van der Waals surface area contributed by atoms with Crippen LogP contribution < -0.4 is 0 Å². The van der Waals surface area contributed by atoms with E-state index in [4.69, 9.17) is 4.42 Å². The molecule has 2 aromatic heterocycles. The number of carbonyl (C=O) groups is 2. The van der Waals surface area contributed by atoms with E-state index in [9.17, 15) is 9.59 Å². The van der Waals surface area contributed by atoms with Gasteiger partial charge in [-0.1, -0.05) is 0 Å². The lowest BCUT2D eigenvalue weighted by Gasteiger charge is -2.04. The second-order valence-corrected chi connectivity index (χ2v) is 3.79. The number of hydrogen-bond donors (Lipinski definition) is 0. The van der Waals surface area contributed by atoms with Gasteiger partial charge in [0.1, 0.15) is 12.2 Å². The minimum absolute atomic E-state index is 0.221. The predicted molar refractivity (Wildman–Crippen MR) is 56.2 cm³/mol. The molecular formula is C11H8O3S. The van der Waals surface area contributed by atoms with E-state index in [1.165, 1.54) is 17.6 Å². The van der Waals surface area contributed by atoms with Crippen molar-refractivity contribution in [3.8, 4) is 0 Å². The highest BCUT2D eigenvalue weighted by molar-refractivity contribution is 7.08. The Hall–Kier alpha value is -1.68. The van der Waals surface area contributed by atoms with Crippen LogP contribution in [0.2, 0.25) is 0 Å². The van der Waals surface area contributed by atoms with E-state index in [-0.39, 0.29) is 11.5 Å². The average Bonchev–Trinajstić information content (AvgIpc) is 2.91. The van der Waals surface area contributed by atoms with Gasteiger partial charge in [0.25, 0.3) is 0 Å². The standard InChI is InChI=1S/C11H8O3S/c12-6-9(8-3-5-15-7-8)11(13)10-2-1-4-14-10/h1-7,9H. The van der Waals surface area contributed by atoms with Gasteiger partial charge in [-0.2, -0.15) is 11.3 Å². The van der Waals surface area contributed by atoms with Crippen LogP contribution >= 0.6 is 11.3 Å². The monoisotopic (exact) mass is 220 g/mol. The second-order valence-electron chi connectivity index (χ2n) is 3.01. The number of aldehydes is 1. The van der Waals surface area contributed by atoms with Crippen LogP contribution in [0.25, 0.3) is 0 Å². The molecule has 1 unspecified atom stereocenters. The molecule has 76 valence electrons. The molecule has 0 spiro atoms. The summed E-state index contributed by atoms with van der Waals surface area (Å²) in [5.74, 6) is -0.825. The fourth-order valence-electron chi connectivity index (χ4n) is 1.32. The summed E-state index contributed by atoms with van der Waals surface area (Å²) in [7, 11) is 0. The minimum atomic E-state index is -0.748. The van der Waals surface area contributed by atoms with Gasteiger partial charge in [0.2, 0.25) is 5.78 Å². The van der Waals surface area contributed by atoms with Crippen molar-refractivity contribution in [3.05, 3.63) is 46.5 Å². The number of rotatable bonds is 4. The summed E-state index contributed by atoms with van der Waals surface area (Å²) in [4.78, 5) is 22.7. The Bertz CT molecular complexity index is 442. The van der Waals surface area contributed by atoms with Crippen LogP contribution in [-0.4, -0.2) is 12.1 Å². The van der Waals surface area contributed by atoms with E-state index < -0.39 is 5.92 Å². The minimum Gasteiger partial charge on any atom is -0.461 e. The van der Waals surface area contributed by atoms with Gasteiger partial charge in [0, 0.05) is 0 Å².